The van der Waals surface area contributed by atoms with Crippen molar-refractivity contribution in [3.8, 4) is 0 Å². The maximum Gasteiger partial charge on any atom is 0.0339 e. The highest BCUT2D eigenvalue weighted by Gasteiger charge is 2.19. The van der Waals surface area contributed by atoms with E-state index in [1.165, 1.54) is 42.4 Å². The number of rotatable bonds is 4. The molecule has 100 valence electrons. The number of alkyl halides is 1. The largest absolute Gasteiger partial charge is 0.312 e. The Morgan fingerprint density at radius 2 is 2.11 bits per heavy atom. The molecule has 1 aliphatic rings. The van der Waals surface area contributed by atoms with Crippen LogP contribution in [0.1, 0.15) is 42.4 Å². The van der Waals surface area contributed by atoms with Crippen molar-refractivity contribution in [2.24, 2.45) is 5.92 Å². The van der Waals surface area contributed by atoms with Crippen LogP contribution in [0.4, 0.5) is 0 Å². The molecular formula is C16H24ClN. The van der Waals surface area contributed by atoms with Gasteiger partial charge in [0.25, 0.3) is 0 Å². The molecule has 18 heavy (non-hydrogen) atoms. The molecule has 2 unspecified atom stereocenters. The van der Waals surface area contributed by atoms with Crippen molar-refractivity contribution < 1.29 is 0 Å². The van der Waals surface area contributed by atoms with E-state index in [-0.39, 0.29) is 0 Å². The highest BCUT2D eigenvalue weighted by Crippen LogP contribution is 2.27. The molecule has 0 aliphatic heterocycles. The number of hydrogen-bond acceptors (Lipinski definition) is 1. The van der Waals surface area contributed by atoms with Crippen molar-refractivity contribution in [1.29, 1.82) is 0 Å². The van der Waals surface area contributed by atoms with Crippen LogP contribution in [0.15, 0.2) is 18.2 Å². The van der Waals surface area contributed by atoms with Crippen LogP contribution in [-0.2, 0) is 6.54 Å². The molecule has 0 spiro atoms. The zero-order valence-corrected chi connectivity index (χ0v) is 12.3. The van der Waals surface area contributed by atoms with E-state index in [4.69, 9.17) is 11.6 Å². The van der Waals surface area contributed by atoms with E-state index in [1.54, 1.807) is 0 Å². The number of aryl methyl sites for hydroxylation is 2. The van der Waals surface area contributed by atoms with Crippen molar-refractivity contribution in [2.75, 3.05) is 6.54 Å². The monoisotopic (exact) mass is 265 g/mol. The van der Waals surface area contributed by atoms with E-state index in [2.05, 4.69) is 37.4 Å². The van der Waals surface area contributed by atoms with Gasteiger partial charge < -0.3 is 5.32 Å². The molecule has 0 saturated heterocycles. The summed E-state index contributed by atoms with van der Waals surface area (Å²) in [6.07, 6.45) is 5.02. The summed E-state index contributed by atoms with van der Waals surface area (Å²) >= 11 is 6.23. The molecule has 1 N–H and O–H groups in total. The Kier molecular flexibility index (Phi) is 5.08. The van der Waals surface area contributed by atoms with Crippen LogP contribution < -0.4 is 5.32 Å². The number of benzene rings is 1. The first-order valence-electron chi connectivity index (χ1n) is 7.06. The van der Waals surface area contributed by atoms with Crippen molar-refractivity contribution in [2.45, 2.75) is 51.5 Å². The first-order valence-corrected chi connectivity index (χ1v) is 7.49. The Hall–Kier alpha value is -0.530. The topological polar surface area (TPSA) is 12.0 Å². The summed E-state index contributed by atoms with van der Waals surface area (Å²) in [7, 11) is 0. The van der Waals surface area contributed by atoms with Crippen molar-refractivity contribution in [3.63, 3.8) is 0 Å². The summed E-state index contributed by atoms with van der Waals surface area (Å²) in [6, 6.07) is 6.67. The fourth-order valence-corrected chi connectivity index (χ4v) is 3.22. The van der Waals surface area contributed by atoms with Gasteiger partial charge in [-0.1, -0.05) is 30.2 Å². The van der Waals surface area contributed by atoms with Gasteiger partial charge in [0.05, 0.1) is 0 Å². The lowest BCUT2D eigenvalue weighted by Crippen LogP contribution is -2.27. The summed E-state index contributed by atoms with van der Waals surface area (Å²) < 4.78 is 0. The molecule has 0 amide bonds. The Morgan fingerprint density at radius 3 is 2.89 bits per heavy atom. The third-order valence-electron chi connectivity index (χ3n) is 3.97. The summed E-state index contributed by atoms with van der Waals surface area (Å²) in [5.41, 5.74) is 4.15. The van der Waals surface area contributed by atoms with Crippen molar-refractivity contribution in [1.82, 2.24) is 5.32 Å². The number of nitrogens with one attached hydrogen (secondary N) is 1. The molecule has 0 heterocycles. The summed E-state index contributed by atoms with van der Waals surface area (Å²) in [6.45, 7) is 6.43. The number of halogens is 1. The number of hydrogen-bond donors (Lipinski definition) is 1. The van der Waals surface area contributed by atoms with Crippen molar-refractivity contribution in [3.05, 3.63) is 34.9 Å². The fraction of sp³-hybridized carbons (Fsp3) is 0.625. The van der Waals surface area contributed by atoms with Crippen molar-refractivity contribution >= 4 is 11.6 Å². The highest BCUT2D eigenvalue weighted by atomic mass is 35.5. The summed E-state index contributed by atoms with van der Waals surface area (Å²) in [5, 5.41) is 4.01. The van der Waals surface area contributed by atoms with Gasteiger partial charge in [-0.25, -0.2) is 0 Å². The average molecular weight is 266 g/mol. The second-order valence-corrected chi connectivity index (χ2v) is 6.31. The molecule has 1 aliphatic carbocycles. The predicted molar refractivity (Wildman–Crippen MR) is 79.2 cm³/mol. The van der Waals surface area contributed by atoms with Gasteiger partial charge in [-0.3, -0.25) is 0 Å². The quantitative estimate of drug-likeness (QED) is 0.805. The maximum absolute atomic E-state index is 6.23. The Balaban J connectivity index is 1.79. The third kappa shape index (κ3) is 4.00. The van der Waals surface area contributed by atoms with Gasteiger partial charge in [0.15, 0.2) is 0 Å². The van der Waals surface area contributed by atoms with E-state index in [0.717, 1.165) is 19.0 Å². The lowest BCUT2D eigenvalue weighted by atomic mass is 9.89. The maximum atomic E-state index is 6.23. The SMILES string of the molecule is Cc1ccc(C)c(CNCC2CCCC(Cl)C2)c1. The van der Waals surface area contributed by atoms with E-state index in [9.17, 15) is 0 Å². The van der Waals surface area contributed by atoms with Gasteiger partial charge in [-0.2, -0.15) is 0 Å². The third-order valence-corrected chi connectivity index (χ3v) is 4.37. The molecule has 0 bridgehead atoms. The minimum absolute atomic E-state index is 0.409. The van der Waals surface area contributed by atoms with Gasteiger partial charge in [0.2, 0.25) is 0 Å². The smallest absolute Gasteiger partial charge is 0.0339 e. The summed E-state index contributed by atoms with van der Waals surface area (Å²) in [5.74, 6) is 0.770. The van der Waals surface area contributed by atoms with Gasteiger partial charge in [-0.05, 0) is 56.7 Å². The average Bonchev–Trinajstić information content (AvgIpc) is 2.34. The lowest BCUT2D eigenvalue weighted by Gasteiger charge is -2.25. The van der Waals surface area contributed by atoms with Gasteiger partial charge in [0, 0.05) is 11.9 Å². The Bertz CT molecular complexity index is 389. The zero-order valence-electron chi connectivity index (χ0n) is 11.5. The molecule has 2 atom stereocenters. The molecular weight excluding hydrogens is 242 g/mol. The molecule has 1 aromatic carbocycles. The van der Waals surface area contributed by atoms with Gasteiger partial charge in [0.1, 0.15) is 0 Å². The van der Waals surface area contributed by atoms with Gasteiger partial charge >= 0.3 is 0 Å². The standard InChI is InChI=1S/C16H24ClN/c1-12-6-7-13(2)15(8-12)11-18-10-14-4-3-5-16(17)9-14/h6-8,14,16,18H,3-5,9-11H2,1-2H3. The Morgan fingerprint density at radius 1 is 1.28 bits per heavy atom. The molecule has 0 aromatic heterocycles. The first kappa shape index (κ1) is 13.9. The predicted octanol–water partition coefficient (Wildman–Crippen LogP) is 4.19. The second kappa shape index (κ2) is 6.58. The molecule has 1 saturated carbocycles. The zero-order chi connectivity index (χ0) is 13.0. The van der Waals surface area contributed by atoms with Crippen LogP contribution >= 0.6 is 11.6 Å². The van der Waals surface area contributed by atoms with E-state index in [0.29, 0.717) is 5.38 Å². The lowest BCUT2D eigenvalue weighted by molar-refractivity contribution is 0.346. The van der Waals surface area contributed by atoms with Crippen LogP contribution in [0, 0.1) is 19.8 Å². The minimum atomic E-state index is 0.409. The van der Waals surface area contributed by atoms with Gasteiger partial charge in [-0.15, -0.1) is 11.6 Å². The minimum Gasteiger partial charge on any atom is -0.312 e. The molecule has 0 radical (unpaired) electrons. The van der Waals surface area contributed by atoms with Crippen LogP contribution in [0.25, 0.3) is 0 Å². The van der Waals surface area contributed by atoms with Crippen LogP contribution in [0.2, 0.25) is 0 Å². The summed E-state index contributed by atoms with van der Waals surface area (Å²) in [4.78, 5) is 0. The molecule has 1 fully saturated rings. The van der Waals surface area contributed by atoms with Crippen LogP contribution in [0.5, 0.6) is 0 Å². The Labute approximate surface area is 116 Å². The van der Waals surface area contributed by atoms with E-state index in [1.807, 2.05) is 0 Å². The molecule has 1 aromatic rings. The first-order chi connectivity index (χ1) is 8.65. The molecule has 1 nitrogen and oxygen atoms in total. The highest BCUT2D eigenvalue weighted by molar-refractivity contribution is 6.20. The second-order valence-electron chi connectivity index (χ2n) is 5.69. The molecule has 2 rings (SSSR count). The van der Waals surface area contributed by atoms with E-state index >= 15 is 0 Å². The van der Waals surface area contributed by atoms with Crippen LogP contribution in [0.3, 0.4) is 0 Å². The van der Waals surface area contributed by atoms with E-state index < -0.39 is 0 Å². The fourth-order valence-electron chi connectivity index (χ4n) is 2.81. The van der Waals surface area contributed by atoms with Crippen LogP contribution in [-0.4, -0.2) is 11.9 Å². The molecule has 2 heteroatoms. The normalized spacial score (nSPS) is 24.2.